The second-order valence-electron chi connectivity index (χ2n) is 4.64. The van der Waals surface area contributed by atoms with Crippen LogP contribution in [0, 0.1) is 6.92 Å². The molecule has 0 atom stereocenters. The van der Waals surface area contributed by atoms with Gasteiger partial charge in [-0.2, -0.15) is 14.6 Å². The molecule has 3 rings (SSSR count). The van der Waals surface area contributed by atoms with Crippen LogP contribution >= 0.6 is 0 Å². The van der Waals surface area contributed by atoms with Crippen LogP contribution < -0.4 is 5.32 Å². The molecule has 19 heavy (non-hydrogen) atoms. The molecule has 2 aromatic heterocycles. The second-order valence-corrected chi connectivity index (χ2v) is 4.64. The number of hydrogen-bond acceptors (Lipinski definition) is 6. The van der Waals surface area contributed by atoms with E-state index in [1.54, 1.807) is 4.52 Å². The van der Waals surface area contributed by atoms with E-state index in [9.17, 15) is 0 Å². The Bertz CT molecular complexity index is 548. The summed E-state index contributed by atoms with van der Waals surface area (Å²) >= 11 is 0. The van der Waals surface area contributed by atoms with Crippen LogP contribution in [0.3, 0.4) is 0 Å². The van der Waals surface area contributed by atoms with E-state index in [1.165, 1.54) is 6.33 Å². The highest BCUT2D eigenvalue weighted by Gasteiger charge is 2.10. The average Bonchev–Trinajstić information content (AvgIpc) is 2.88. The van der Waals surface area contributed by atoms with Gasteiger partial charge >= 0.3 is 0 Å². The first-order valence-corrected chi connectivity index (χ1v) is 6.54. The molecule has 0 radical (unpaired) electrons. The van der Waals surface area contributed by atoms with Gasteiger partial charge in [0.1, 0.15) is 12.1 Å². The summed E-state index contributed by atoms with van der Waals surface area (Å²) in [4.78, 5) is 10.8. The largest absolute Gasteiger partial charge is 0.379 e. The molecule has 0 aromatic carbocycles. The molecular weight excluding hydrogens is 244 g/mol. The maximum Gasteiger partial charge on any atom is 0.254 e. The number of fused-ring (bicyclic) bond motifs is 1. The van der Waals surface area contributed by atoms with Gasteiger partial charge in [-0.15, -0.1) is 0 Å². The zero-order chi connectivity index (χ0) is 13.1. The van der Waals surface area contributed by atoms with Gasteiger partial charge in [0, 0.05) is 37.9 Å². The van der Waals surface area contributed by atoms with Gasteiger partial charge in [-0.1, -0.05) is 0 Å². The third-order valence-electron chi connectivity index (χ3n) is 3.22. The van der Waals surface area contributed by atoms with Crippen LogP contribution in [0.25, 0.3) is 5.78 Å². The van der Waals surface area contributed by atoms with Crippen LogP contribution in [0.15, 0.2) is 12.4 Å². The first-order chi connectivity index (χ1) is 9.33. The molecule has 1 N–H and O–H groups in total. The van der Waals surface area contributed by atoms with Crippen molar-refractivity contribution in [1.82, 2.24) is 24.5 Å². The van der Waals surface area contributed by atoms with Gasteiger partial charge in [-0.3, -0.25) is 4.90 Å². The van der Waals surface area contributed by atoms with Crippen molar-refractivity contribution in [3.63, 3.8) is 0 Å². The second kappa shape index (κ2) is 5.50. The summed E-state index contributed by atoms with van der Waals surface area (Å²) in [6.07, 6.45) is 1.52. The number of anilines is 1. The van der Waals surface area contributed by atoms with E-state index in [-0.39, 0.29) is 0 Å². The third kappa shape index (κ3) is 2.82. The number of rotatable bonds is 4. The topological polar surface area (TPSA) is 67.6 Å². The molecular formula is C12H18N6O. The van der Waals surface area contributed by atoms with E-state index in [1.807, 2.05) is 13.0 Å². The molecule has 1 aliphatic rings. The molecule has 0 amide bonds. The monoisotopic (exact) mass is 262 g/mol. The van der Waals surface area contributed by atoms with Crippen LogP contribution in [0.1, 0.15) is 5.69 Å². The number of morpholine rings is 1. The lowest BCUT2D eigenvalue weighted by molar-refractivity contribution is 0.0398. The summed E-state index contributed by atoms with van der Waals surface area (Å²) < 4.78 is 7.06. The van der Waals surface area contributed by atoms with E-state index in [4.69, 9.17) is 4.74 Å². The highest BCUT2D eigenvalue weighted by atomic mass is 16.5. The van der Waals surface area contributed by atoms with Crippen LogP contribution in [0.5, 0.6) is 0 Å². The Morgan fingerprint density at radius 2 is 2.21 bits per heavy atom. The Hall–Kier alpha value is -1.73. The fraction of sp³-hybridized carbons (Fsp3) is 0.583. The SMILES string of the molecule is Cc1cc(NCCN2CCOCC2)n2ncnc2n1. The lowest BCUT2D eigenvalue weighted by Crippen LogP contribution is -2.39. The number of aromatic nitrogens is 4. The fourth-order valence-electron chi connectivity index (χ4n) is 2.22. The normalized spacial score (nSPS) is 16.9. The van der Waals surface area contributed by atoms with Crippen molar-refractivity contribution in [3.05, 3.63) is 18.1 Å². The van der Waals surface area contributed by atoms with Crippen LogP contribution in [0.4, 0.5) is 5.82 Å². The fourth-order valence-corrected chi connectivity index (χ4v) is 2.22. The van der Waals surface area contributed by atoms with E-state index in [2.05, 4.69) is 25.3 Å². The maximum absolute atomic E-state index is 5.33. The zero-order valence-corrected chi connectivity index (χ0v) is 11.0. The van der Waals surface area contributed by atoms with Crippen LogP contribution in [-0.4, -0.2) is 63.9 Å². The number of nitrogens with zero attached hydrogens (tertiary/aromatic N) is 5. The van der Waals surface area contributed by atoms with Crippen molar-refractivity contribution < 1.29 is 4.74 Å². The first-order valence-electron chi connectivity index (χ1n) is 6.54. The minimum Gasteiger partial charge on any atom is -0.379 e. The summed E-state index contributed by atoms with van der Waals surface area (Å²) in [5, 5.41) is 7.57. The molecule has 1 aliphatic heterocycles. The smallest absolute Gasteiger partial charge is 0.254 e. The molecule has 102 valence electrons. The maximum atomic E-state index is 5.33. The van der Waals surface area contributed by atoms with Crippen LogP contribution in [0.2, 0.25) is 0 Å². The number of hydrogen-bond donors (Lipinski definition) is 1. The van der Waals surface area contributed by atoms with E-state index in [0.29, 0.717) is 5.78 Å². The molecule has 0 unspecified atom stereocenters. The predicted octanol–water partition coefficient (Wildman–Crippen LogP) is 0.177. The highest BCUT2D eigenvalue weighted by Crippen LogP contribution is 2.09. The number of nitrogens with one attached hydrogen (secondary N) is 1. The number of aryl methyl sites for hydroxylation is 1. The van der Waals surface area contributed by atoms with Crippen molar-refractivity contribution in [3.8, 4) is 0 Å². The average molecular weight is 262 g/mol. The summed E-state index contributed by atoms with van der Waals surface area (Å²) in [5.41, 5.74) is 0.939. The minimum atomic E-state index is 0.633. The Morgan fingerprint density at radius 3 is 3.05 bits per heavy atom. The van der Waals surface area contributed by atoms with Crippen molar-refractivity contribution in [2.45, 2.75) is 6.92 Å². The van der Waals surface area contributed by atoms with Crippen molar-refractivity contribution >= 4 is 11.6 Å². The Morgan fingerprint density at radius 1 is 1.37 bits per heavy atom. The Labute approximate surface area is 111 Å². The first kappa shape index (κ1) is 12.3. The lowest BCUT2D eigenvalue weighted by atomic mass is 10.4. The van der Waals surface area contributed by atoms with E-state index >= 15 is 0 Å². The Balaban J connectivity index is 1.63. The van der Waals surface area contributed by atoms with Gasteiger partial charge in [0.2, 0.25) is 0 Å². The molecule has 1 fully saturated rings. The quantitative estimate of drug-likeness (QED) is 0.847. The summed E-state index contributed by atoms with van der Waals surface area (Å²) in [6, 6.07) is 1.99. The van der Waals surface area contributed by atoms with Gasteiger partial charge in [0.05, 0.1) is 13.2 Å². The van der Waals surface area contributed by atoms with Crippen molar-refractivity contribution in [2.24, 2.45) is 0 Å². The van der Waals surface area contributed by atoms with Gasteiger partial charge in [0.15, 0.2) is 0 Å². The minimum absolute atomic E-state index is 0.633. The molecule has 7 nitrogen and oxygen atoms in total. The van der Waals surface area contributed by atoms with E-state index < -0.39 is 0 Å². The molecule has 0 bridgehead atoms. The Kier molecular flexibility index (Phi) is 3.56. The standard InChI is InChI=1S/C12H18N6O/c1-10-8-11(18-12(16-10)14-9-15-18)13-2-3-17-4-6-19-7-5-17/h8-9,13H,2-7H2,1H3. The summed E-state index contributed by atoms with van der Waals surface area (Å²) in [7, 11) is 0. The van der Waals surface area contributed by atoms with Gasteiger partial charge in [-0.25, -0.2) is 4.98 Å². The van der Waals surface area contributed by atoms with Crippen LogP contribution in [-0.2, 0) is 4.74 Å². The molecule has 0 saturated carbocycles. The molecule has 1 saturated heterocycles. The summed E-state index contributed by atoms with van der Waals surface area (Å²) in [6.45, 7) is 7.52. The predicted molar refractivity (Wildman–Crippen MR) is 71.3 cm³/mol. The lowest BCUT2D eigenvalue weighted by Gasteiger charge is -2.26. The van der Waals surface area contributed by atoms with Gasteiger partial charge in [-0.05, 0) is 6.92 Å². The van der Waals surface area contributed by atoms with Gasteiger partial charge < -0.3 is 10.1 Å². The molecule has 7 heteroatoms. The molecule has 0 spiro atoms. The van der Waals surface area contributed by atoms with Crippen molar-refractivity contribution in [2.75, 3.05) is 44.7 Å². The van der Waals surface area contributed by atoms with E-state index in [0.717, 1.165) is 50.9 Å². The zero-order valence-electron chi connectivity index (χ0n) is 11.0. The highest BCUT2D eigenvalue weighted by molar-refractivity contribution is 5.44. The molecule has 0 aliphatic carbocycles. The summed E-state index contributed by atoms with van der Waals surface area (Å²) in [5.74, 6) is 1.57. The molecule has 2 aromatic rings. The number of ether oxygens (including phenoxy) is 1. The van der Waals surface area contributed by atoms with Crippen molar-refractivity contribution in [1.29, 1.82) is 0 Å². The third-order valence-corrected chi connectivity index (χ3v) is 3.22. The molecule has 3 heterocycles. The van der Waals surface area contributed by atoms with Gasteiger partial charge in [0.25, 0.3) is 5.78 Å².